The Balaban J connectivity index is 3.81. The second kappa shape index (κ2) is 5.31. The van der Waals surface area contributed by atoms with Gasteiger partial charge in [-0.2, -0.15) is 0 Å². The lowest BCUT2D eigenvalue weighted by atomic mass is 9.83. The van der Waals surface area contributed by atoms with E-state index in [1.165, 1.54) is 0 Å². The van der Waals surface area contributed by atoms with Crippen LogP contribution in [0.15, 0.2) is 0 Å². The van der Waals surface area contributed by atoms with Crippen LogP contribution in [0.2, 0.25) is 0 Å². The lowest BCUT2D eigenvalue weighted by Crippen LogP contribution is -2.28. The highest BCUT2D eigenvalue weighted by Gasteiger charge is 2.24. The molecule has 0 radical (unpaired) electrons. The van der Waals surface area contributed by atoms with E-state index < -0.39 is 0 Å². The summed E-state index contributed by atoms with van der Waals surface area (Å²) >= 11 is 0. The molecule has 2 unspecified atom stereocenters. The van der Waals surface area contributed by atoms with Crippen LogP contribution in [0.4, 0.5) is 0 Å². The molecule has 2 heteroatoms. The van der Waals surface area contributed by atoms with E-state index >= 15 is 0 Å². The molecule has 0 heterocycles. The molecular weight excluding hydrogens is 188 g/mol. The van der Waals surface area contributed by atoms with Crippen molar-refractivity contribution >= 4 is 0 Å². The molecule has 2 atom stereocenters. The third-order valence-electron chi connectivity index (χ3n) is 2.95. The van der Waals surface area contributed by atoms with E-state index in [4.69, 9.17) is 0 Å². The quantitative estimate of drug-likeness (QED) is 0.758. The van der Waals surface area contributed by atoms with Gasteiger partial charge in [-0.25, -0.2) is 0 Å². The van der Waals surface area contributed by atoms with Gasteiger partial charge in [-0.1, -0.05) is 41.5 Å². The van der Waals surface area contributed by atoms with Gasteiger partial charge in [0.25, 0.3) is 0 Å². The SMILES string of the molecule is CC(C)(C)C(O)CCCC(O)C(C)(C)C. The summed E-state index contributed by atoms with van der Waals surface area (Å²) < 4.78 is 0. The predicted molar refractivity (Wildman–Crippen MR) is 64.8 cm³/mol. The summed E-state index contributed by atoms with van der Waals surface area (Å²) in [7, 11) is 0. The average Bonchev–Trinajstić information content (AvgIpc) is 2.00. The monoisotopic (exact) mass is 216 g/mol. The van der Waals surface area contributed by atoms with E-state index in [9.17, 15) is 10.2 Å². The highest BCUT2D eigenvalue weighted by Crippen LogP contribution is 2.26. The molecule has 0 rings (SSSR count). The zero-order chi connectivity index (χ0) is 12.3. The van der Waals surface area contributed by atoms with Crippen LogP contribution in [0, 0.1) is 10.8 Å². The van der Waals surface area contributed by atoms with Crippen LogP contribution in [-0.2, 0) is 0 Å². The molecule has 15 heavy (non-hydrogen) atoms. The van der Waals surface area contributed by atoms with Crippen LogP contribution in [0.5, 0.6) is 0 Å². The highest BCUT2D eigenvalue weighted by molar-refractivity contribution is 4.76. The van der Waals surface area contributed by atoms with E-state index in [2.05, 4.69) is 0 Å². The molecular formula is C13H28O2. The molecule has 0 bridgehead atoms. The first kappa shape index (κ1) is 14.9. The molecule has 2 nitrogen and oxygen atoms in total. The standard InChI is InChI=1S/C13H28O2/c1-12(2,3)10(14)8-7-9-11(15)13(4,5)6/h10-11,14-15H,7-9H2,1-6H3. The van der Waals surface area contributed by atoms with E-state index in [0.29, 0.717) is 0 Å². The smallest absolute Gasteiger partial charge is 0.0588 e. The molecule has 0 aliphatic rings. The minimum atomic E-state index is -0.273. The first-order valence-corrected chi connectivity index (χ1v) is 5.91. The molecule has 0 aliphatic heterocycles. The Kier molecular flexibility index (Phi) is 5.28. The van der Waals surface area contributed by atoms with Crippen molar-refractivity contribution in [2.75, 3.05) is 0 Å². The molecule has 92 valence electrons. The third-order valence-corrected chi connectivity index (χ3v) is 2.95. The largest absolute Gasteiger partial charge is 0.393 e. The lowest BCUT2D eigenvalue weighted by molar-refractivity contribution is 0.0310. The zero-order valence-corrected chi connectivity index (χ0v) is 11.2. The fourth-order valence-corrected chi connectivity index (χ4v) is 1.37. The van der Waals surface area contributed by atoms with E-state index in [0.717, 1.165) is 19.3 Å². The second-order valence-corrected chi connectivity index (χ2v) is 6.69. The van der Waals surface area contributed by atoms with Crippen molar-refractivity contribution in [2.24, 2.45) is 10.8 Å². The summed E-state index contributed by atoms with van der Waals surface area (Å²) in [6.45, 7) is 12.2. The van der Waals surface area contributed by atoms with Crippen molar-refractivity contribution in [3.8, 4) is 0 Å². The van der Waals surface area contributed by atoms with Crippen LogP contribution < -0.4 is 0 Å². The van der Waals surface area contributed by atoms with Crippen LogP contribution in [0.3, 0.4) is 0 Å². The van der Waals surface area contributed by atoms with Crippen molar-refractivity contribution in [2.45, 2.75) is 73.0 Å². The normalized spacial score (nSPS) is 17.6. The summed E-state index contributed by atoms with van der Waals surface area (Å²) in [5, 5.41) is 19.6. The van der Waals surface area contributed by atoms with Gasteiger partial charge in [0.1, 0.15) is 0 Å². The Morgan fingerprint density at radius 1 is 0.733 bits per heavy atom. The summed E-state index contributed by atoms with van der Waals surface area (Å²) in [5.41, 5.74) is -0.0978. The van der Waals surface area contributed by atoms with Gasteiger partial charge in [-0.05, 0) is 30.1 Å². The van der Waals surface area contributed by atoms with Gasteiger partial charge in [0.15, 0.2) is 0 Å². The van der Waals surface area contributed by atoms with Gasteiger partial charge in [0.05, 0.1) is 12.2 Å². The van der Waals surface area contributed by atoms with Gasteiger partial charge in [0.2, 0.25) is 0 Å². The van der Waals surface area contributed by atoms with Crippen molar-refractivity contribution in [1.82, 2.24) is 0 Å². The van der Waals surface area contributed by atoms with Gasteiger partial charge in [0, 0.05) is 0 Å². The van der Waals surface area contributed by atoms with Crippen LogP contribution in [0.25, 0.3) is 0 Å². The maximum Gasteiger partial charge on any atom is 0.0588 e. The van der Waals surface area contributed by atoms with Gasteiger partial charge in [-0.15, -0.1) is 0 Å². The van der Waals surface area contributed by atoms with Crippen LogP contribution in [0.1, 0.15) is 60.8 Å². The van der Waals surface area contributed by atoms with Gasteiger partial charge < -0.3 is 10.2 Å². The summed E-state index contributed by atoms with van der Waals surface area (Å²) in [4.78, 5) is 0. The molecule has 0 aliphatic carbocycles. The van der Waals surface area contributed by atoms with Gasteiger partial charge in [-0.3, -0.25) is 0 Å². The summed E-state index contributed by atoms with van der Waals surface area (Å²) in [5.74, 6) is 0. The van der Waals surface area contributed by atoms with Crippen molar-refractivity contribution in [1.29, 1.82) is 0 Å². The van der Waals surface area contributed by atoms with Crippen LogP contribution >= 0.6 is 0 Å². The van der Waals surface area contributed by atoms with Crippen molar-refractivity contribution < 1.29 is 10.2 Å². The minimum Gasteiger partial charge on any atom is -0.393 e. The Hall–Kier alpha value is -0.0800. The molecule has 0 aromatic rings. The zero-order valence-electron chi connectivity index (χ0n) is 11.2. The van der Waals surface area contributed by atoms with Crippen LogP contribution in [-0.4, -0.2) is 22.4 Å². The number of aliphatic hydroxyl groups excluding tert-OH is 2. The average molecular weight is 216 g/mol. The number of rotatable bonds is 4. The molecule has 0 fully saturated rings. The molecule has 0 aromatic heterocycles. The number of aliphatic hydroxyl groups is 2. The number of hydrogen-bond acceptors (Lipinski definition) is 2. The summed E-state index contributed by atoms with van der Waals surface area (Å²) in [6, 6.07) is 0. The fourth-order valence-electron chi connectivity index (χ4n) is 1.37. The lowest BCUT2D eigenvalue weighted by Gasteiger charge is -2.28. The Bertz CT molecular complexity index is 154. The number of hydrogen-bond donors (Lipinski definition) is 2. The summed E-state index contributed by atoms with van der Waals surface area (Å²) in [6.07, 6.45) is 1.89. The molecule has 0 saturated carbocycles. The Labute approximate surface area is 94.7 Å². The fraction of sp³-hybridized carbons (Fsp3) is 1.00. The van der Waals surface area contributed by atoms with Crippen molar-refractivity contribution in [3.63, 3.8) is 0 Å². The maximum absolute atomic E-state index is 9.82. The molecule has 0 saturated heterocycles. The van der Waals surface area contributed by atoms with Gasteiger partial charge >= 0.3 is 0 Å². The van der Waals surface area contributed by atoms with Crippen molar-refractivity contribution in [3.05, 3.63) is 0 Å². The minimum absolute atomic E-state index is 0.0489. The molecule has 2 N–H and O–H groups in total. The van der Waals surface area contributed by atoms with E-state index in [1.807, 2.05) is 41.5 Å². The molecule has 0 spiro atoms. The first-order valence-electron chi connectivity index (χ1n) is 5.91. The third kappa shape index (κ3) is 6.16. The first-order chi connectivity index (χ1) is 6.55. The van der Waals surface area contributed by atoms with E-state index in [-0.39, 0.29) is 23.0 Å². The predicted octanol–water partition coefficient (Wildman–Crippen LogP) is 2.97. The molecule has 0 aromatic carbocycles. The Morgan fingerprint density at radius 3 is 1.20 bits per heavy atom. The maximum atomic E-state index is 9.82. The van der Waals surface area contributed by atoms with E-state index in [1.54, 1.807) is 0 Å². The highest BCUT2D eigenvalue weighted by atomic mass is 16.3. The second-order valence-electron chi connectivity index (χ2n) is 6.69. The topological polar surface area (TPSA) is 40.5 Å². The molecule has 0 amide bonds. The Morgan fingerprint density at radius 2 is 1.00 bits per heavy atom.